The number of carboxylic acids is 1. The van der Waals surface area contributed by atoms with Gasteiger partial charge in [0.05, 0.1) is 0 Å². The van der Waals surface area contributed by atoms with E-state index < -0.39 is 12.0 Å². The molecule has 0 bridgehead atoms. The number of hydrogen-bond acceptors (Lipinski definition) is 2. The number of aliphatic carboxylic acids is 1. The molecule has 1 aliphatic heterocycles. The van der Waals surface area contributed by atoms with Crippen molar-refractivity contribution in [1.29, 1.82) is 0 Å². The van der Waals surface area contributed by atoms with Gasteiger partial charge in [-0.3, -0.25) is 4.79 Å². The van der Waals surface area contributed by atoms with E-state index in [0.717, 1.165) is 15.6 Å². The summed E-state index contributed by atoms with van der Waals surface area (Å²) in [6, 6.07) is 8.44. The van der Waals surface area contributed by atoms with E-state index in [9.17, 15) is 14.7 Å². The highest BCUT2D eigenvalue weighted by atomic mass is 79.9. The van der Waals surface area contributed by atoms with Gasteiger partial charge in [-0.15, -0.1) is 0 Å². The summed E-state index contributed by atoms with van der Waals surface area (Å²) < 4.78 is 0.759. The molecule has 3 rings (SSSR count). The molecule has 0 spiro atoms. The topological polar surface area (TPSA) is 73.4 Å². The number of carboxylic acid groups (broad SMARTS) is 1. The highest BCUT2D eigenvalue weighted by Gasteiger charge is 2.35. The number of amides is 1. The van der Waals surface area contributed by atoms with Gasteiger partial charge in [0.1, 0.15) is 11.7 Å². The molecular formula is C15H13BrN2O3. The van der Waals surface area contributed by atoms with Gasteiger partial charge in [-0.1, -0.05) is 24.3 Å². The fourth-order valence-corrected chi connectivity index (χ4v) is 2.95. The lowest BCUT2D eigenvalue weighted by Gasteiger charge is -2.34. The molecule has 2 N–H and O–H groups in total. The maximum Gasteiger partial charge on any atom is 0.326 e. The number of nitrogens with one attached hydrogen (secondary N) is 1. The highest BCUT2D eigenvalue weighted by Crippen LogP contribution is 2.25. The Morgan fingerprint density at radius 1 is 1.29 bits per heavy atom. The van der Waals surface area contributed by atoms with Crippen molar-refractivity contribution in [2.75, 3.05) is 0 Å². The van der Waals surface area contributed by atoms with E-state index in [1.54, 1.807) is 12.3 Å². The summed E-state index contributed by atoms with van der Waals surface area (Å²) >= 11 is 3.28. The highest BCUT2D eigenvalue weighted by molar-refractivity contribution is 9.10. The Kier molecular flexibility index (Phi) is 3.55. The van der Waals surface area contributed by atoms with Gasteiger partial charge in [0, 0.05) is 23.6 Å². The number of aromatic nitrogens is 1. The van der Waals surface area contributed by atoms with Crippen LogP contribution >= 0.6 is 15.9 Å². The van der Waals surface area contributed by atoms with Crippen LogP contribution in [0.2, 0.25) is 0 Å². The van der Waals surface area contributed by atoms with E-state index in [1.807, 2.05) is 24.3 Å². The zero-order valence-electron chi connectivity index (χ0n) is 11.0. The van der Waals surface area contributed by atoms with Gasteiger partial charge < -0.3 is 15.0 Å². The number of carbonyl (C=O) groups excluding carboxylic acids is 1. The molecule has 108 valence electrons. The first kappa shape index (κ1) is 13.9. The minimum Gasteiger partial charge on any atom is -0.480 e. The van der Waals surface area contributed by atoms with Crippen LogP contribution in [0.15, 0.2) is 41.0 Å². The summed E-state index contributed by atoms with van der Waals surface area (Å²) in [5.74, 6) is -1.29. The van der Waals surface area contributed by atoms with Crippen LogP contribution in [0.1, 0.15) is 21.6 Å². The van der Waals surface area contributed by atoms with Crippen LogP contribution < -0.4 is 0 Å². The fraction of sp³-hybridized carbons (Fsp3) is 0.200. The Bertz CT molecular complexity index is 710. The third-order valence-electron chi connectivity index (χ3n) is 3.67. The maximum absolute atomic E-state index is 12.5. The van der Waals surface area contributed by atoms with Crippen LogP contribution in [0.3, 0.4) is 0 Å². The molecule has 21 heavy (non-hydrogen) atoms. The Labute approximate surface area is 129 Å². The van der Waals surface area contributed by atoms with Crippen LogP contribution in [-0.2, 0) is 17.8 Å². The van der Waals surface area contributed by atoms with Gasteiger partial charge in [0.2, 0.25) is 0 Å². The lowest BCUT2D eigenvalue weighted by molar-refractivity contribution is -0.142. The monoisotopic (exact) mass is 348 g/mol. The van der Waals surface area contributed by atoms with Crippen molar-refractivity contribution in [3.05, 3.63) is 57.8 Å². The number of benzene rings is 1. The van der Waals surface area contributed by atoms with Gasteiger partial charge in [-0.05, 0) is 33.1 Å². The lowest BCUT2D eigenvalue weighted by Crippen LogP contribution is -2.48. The molecule has 0 saturated carbocycles. The minimum absolute atomic E-state index is 0.303. The molecule has 0 saturated heterocycles. The Morgan fingerprint density at radius 2 is 2.00 bits per heavy atom. The number of rotatable bonds is 2. The van der Waals surface area contributed by atoms with Gasteiger partial charge >= 0.3 is 5.97 Å². The molecule has 2 aromatic rings. The third kappa shape index (κ3) is 2.58. The number of carbonyl (C=O) groups is 2. The van der Waals surface area contributed by atoms with Gasteiger partial charge in [0.15, 0.2) is 0 Å². The normalized spacial score (nSPS) is 17.4. The van der Waals surface area contributed by atoms with Crippen LogP contribution in [-0.4, -0.2) is 32.9 Å². The molecule has 1 atom stereocenters. The molecule has 0 aliphatic carbocycles. The maximum atomic E-state index is 12.5. The van der Waals surface area contributed by atoms with Crippen molar-refractivity contribution in [3.63, 3.8) is 0 Å². The summed E-state index contributed by atoms with van der Waals surface area (Å²) in [4.78, 5) is 28.3. The van der Waals surface area contributed by atoms with Crippen molar-refractivity contribution >= 4 is 27.8 Å². The van der Waals surface area contributed by atoms with Gasteiger partial charge in [0.25, 0.3) is 5.91 Å². The quantitative estimate of drug-likeness (QED) is 0.875. The number of H-pyrrole nitrogens is 1. The number of halogens is 1. The second-order valence-electron chi connectivity index (χ2n) is 4.99. The molecular weight excluding hydrogens is 336 g/mol. The zero-order valence-corrected chi connectivity index (χ0v) is 12.6. The molecule has 0 fully saturated rings. The number of nitrogens with zero attached hydrogens (tertiary/aromatic N) is 1. The van der Waals surface area contributed by atoms with E-state index in [1.165, 1.54) is 4.90 Å². The van der Waals surface area contributed by atoms with E-state index in [4.69, 9.17) is 0 Å². The summed E-state index contributed by atoms with van der Waals surface area (Å²) in [5, 5.41) is 9.42. The van der Waals surface area contributed by atoms with Crippen molar-refractivity contribution in [3.8, 4) is 0 Å². The molecule has 5 nitrogen and oxygen atoms in total. The largest absolute Gasteiger partial charge is 0.480 e. The van der Waals surface area contributed by atoms with E-state index in [-0.39, 0.29) is 5.91 Å². The first-order chi connectivity index (χ1) is 10.1. The van der Waals surface area contributed by atoms with Crippen molar-refractivity contribution in [1.82, 2.24) is 9.88 Å². The summed E-state index contributed by atoms with van der Waals surface area (Å²) in [6.45, 7) is 0.308. The predicted molar refractivity (Wildman–Crippen MR) is 79.9 cm³/mol. The van der Waals surface area contributed by atoms with Crippen LogP contribution in [0.25, 0.3) is 0 Å². The third-order valence-corrected chi connectivity index (χ3v) is 4.13. The second-order valence-corrected chi connectivity index (χ2v) is 5.91. The van der Waals surface area contributed by atoms with Crippen LogP contribution in [0.4, 0.5) is 0 Å². The van der Waals surface area contributed by atoms with E-state index in [0.29, 0.717) is 18.7 Å². The average molecular weight is 349 g/mol. The number of fused-ring (bicyclic) bond motifs is 1. The standard InChI is InChI=1S/C15H13BrN2O3/c16-11-6-12(17-7-11)14(19)18-8-10-4-2-1-3-9(10)5-13(18)15(20)21/h1-4,6-7,13,17H,5,8H2,(H,20,21)/t13-/m0/s1. The predicted octanol–water partition coefficient (Wildman–Crippen LogP) is 2.43. The average Bonchev–Trinajstić information content (AvgIpc) is 2.91. The molecule has 6 heteroatoms. The SMILES string of the molecule is O=C(O)[C@@H]1Cc2ccccc2CN1C(=O)c1cc(Br)c[nH]1. The molecule has 1 aliphatic rings. The summed E-state index contributed by atoms with van der Waals surface area (Å²) in [7, 11) is 0. The molecule has 0 unspecified atom stereocenters. The lowest BCUT2D eigenvalue weighted by atomic mass is 9.93. The van der Waals surface area contributed by atoms with E-state index >= 15 is 0 Å². The molecule has 1 aromatic heterocycles. The van der Waals surface area contributed by atoms with Crippen LogP contribution in [0, 0.1) is 0 Å². The zero-order chi connectivity index (χ0) is 15.0. The molecule has 1 amide bonds. The fourth-order valence-electron chi connectivity index (χ4n) is 2.60. The second kappa shape index (κ2) is 5.37. The Hall–Kier alpha value is -2.08. The van der Waals surface area contributed by atoms with Crippen LogP contribution in [0.5, 0.6) is 0 Å². The van der Waals surface area contributed by atoms with Gasteiger partial charge in [-0.25, -0.2) is 4.79 Å². The molecule has 0 radical (unpaired) electrons. The Balaban J connectivity index is 1.96. The smallest absolute Gasteiger partial charge is 0.326 e. The first-order valence-electron chi connectivity index (χ1n) is 6.50. The molecule has 1 aromatic carbocycles. The summed E-state index contributed by atoms with van der Waals surface area (Å²) in [5.41, 5.74) is 2.36. The van der Waals surface area contributed by atoms with Crippen molar-refractivity contribution < 1.29 is 14.7 Å². The van der Waals surface area contributed by atoms with E-state index in [2.05, 4.69) is 20.9 Å². The van der Waals surface area contributed by atoms with Crippen molar-refractivity contribution in [2.45, 2.75) is 19.0 Å². The summed E-state index contributed by atoms with van der Waals surface area (Å²) in [6.07, 6.45) is 1.99. The van der Waals surface area contributed by atoms with Gasteiger partial charge in [-0.2, -0.15) is 0 Å². The number of hydrogen-bond donors (Lipinski definition) is 2. The minimum atomic E-state index is -0.983. The van der Waals surface area contributed by atoms with Crippen molar-refractivity contribution in [2.24, 2.45) is 0 Å². The number of aromatic amines is 1. The molecule has 2 heterocycles. The first-order valence-corrected chi connectivity index (χ1v) is 7.30. The Morgan fingerprint density at radius 3 is 2.62 bits per heavy atom.